The van der Waals surface area contributed by atoms with E-state index in [0.29, 0.717) is 6.54 Å². The number of hydrogen-bond donors (Lipinski definition) is 1. The smallest absolute Gasteiger partial charge is 0.268 e. The minimum absolute atomic E-state index is 0.0538. The van der Waals surface area contributed by atoms with Crippen molar-refractivity contribution in [2.75, 3.05) is 25.0 Å². The lowest BCUT2D eigenvalue weighted by Crippen LogP contribution is -2.29. The van der Waals surface area contributed by atoms with Gasteiger partial charge in [0.05, 0.1) is 18.4 Å². The van der Waals surface area contributed by atoms with Crippen LogP contribution in [-0.2, 0) is 13.1 Å². The molecule has 0 aliphatic rings. The van der Waals surface area contributed by atoms with Gasteiger partial charge in [-0.15, -0.1) is 11.3 Å². The van der Waals surface area contributed by atoms with Crippen LogP contribution < -0.4 is 15.8 Å². The number of aromatic nitrogens is 2. The third-order valence-electron chi connectivity index (χ3n) is 3.52. The van der Waals surface area contributed by atoms with Gasteiger partial charge in [0.2, 0.25) is 0 Å². The van der Waals surface area contributed by atoms with E-state index >= 15 is 0 Å². The summed E-state index contributed by atoms with van der Waals surface area (Å²) in [6, 6.07) is 3.76. The van der Waals surface area contributed by atoms with Gasteiger partial charge in [0, 0.05) is 37.6 Å². The fraction of sp³-hybridized carbons (Fsp3) is 0.467. The fourth-order valence-electron chi connectivity index (χ4n) is 1.96. The Morgan fingerprint density at radius 2 is 2.29 bits per heavy atom. The Morgan fingerprint density at radius 3 is 2.90 bits per heavy atom. The topological polar surface area (TPSA) is 50.2 Å². The molecule has 0 unspecified atom stereocenters. The first-order valence-electron chi connectivity index (χ1n) is 7.13. The Balaban J connectivity index is 1.86. The zero-order valence-corrected chi connectivity index (χ0v) is 13.6. The van der Waals surface area contributed by atoms with Crippen LogP contribution in [-0.4, -0.2) is 29.9 Å². The number of nitrogens with zero attached hydrogens (tertiary/aromatic N) is 3. The first kappa shape index (κ1) is 15.7. The Hall–Kier alpha value is -1.66. The second-order valence-electron chi connectivity index (χ2n) is 4.99. The average molecular weight is 306 g/mol. The fourth-order valence-corrected chi connectivity index (χ4v) is 2.83. The maximum atomic E-state index is 12.0. The highest BCUT2D eigenvalue weighted by Crippen LogP contribution is 2.14. The molecule has 0 fully saturated rings. The zero-order chi connectivity index (χ0) is 15.2. The van der Waals surface area contributed by atoms with Gasteiger partial charge in [-0.25, -0.2) is 4.68 Å². The minimum atomic E-state index is -0.0538. The average Bonchev–Trinajstić information content (AvgIpc) is 2.89. The molecule has 21 heavy (non-hydrogen) atoms. The number of thiophene rings is 1. The van der Waals surface area contributed by atoms with Crippen LogP contribution >= 0.6 is 11.3 Å². The lowest BCUT2D eigenvalue weighted by molar-refractivity contribution is 0.532. The predicted octanol–water partition coefficient (Wildman–Crippen LogP) is 1.86. The molecule has 5 nitrogen and oxygen atoms in total. The summed E-state index contributed by atoms with van der Waals surface area (Å²) in [6.45, 7) is 7.17. The molecule has 2 aromatic rings. The highest BCUT2D eigenvalue weighted by atomic mass is 32.1. The number of aryl methyl sites for hydroxylation is 1. The first-order chi connectivity index (χ1) is 10.1. The molecule has 0 bridgehead atoms. The lowest BCUT2D eigenvalue weighted by atomic mass is 10.3. The van der Waals surface area contributed by atoms with Gasteiger partial charge in [-0.2, -0.15) is 5.10 Å². The molecule has 0 saturated carbocycles. The summed E-state index contributed by atoms with van der Waals surface area (Å²) in [5.41, 5.74) is 2.12. The van der Waals surface area contributed by atoms with Crippen LogP contribution in [0.3, 0.4) is 0 Å². The van der Waals surface area contributed by atoms with Crippen LogP contribution in [0, 0.1) is 6.92 Å². The Bertz CT molecular complexity index is 635. The van der Waals surface area contributed by atoms with Crippen molar-refractivity contribution in [1.82, 2.24) is 15.1 Å². The molecular weight excluding hydrogens is 284 g/mol. The molecule has 0 aliphatic carbocycles. The quantitative estimate of drug-likeness (QED) is 0.793. The van der Waals surface area contributed by atoms with Crippen molar-refractivity contribution in [3.05, 3.63) is 44.5 Å². The molecule has 0 saturated heterocycles. The Labute approximate surface area is 129 Å². The summed E-state index contributed by atoms with van der Waals surface area (Å²) in [5, 5.41) is 9.68. The lowest BCUT2D eigenvalue weighted by Gasteiger charge is -2.16. The molecule has 2 aromatic heterocycles. The van der Waals surface area contributed by atoms with Gasteiger partial charge in [0.1, 0.15) is 0 Å². The summed E-state index contributed by atoms with van der Waals surface area (Å²) in [6.07, 6.45) is 1.74. The largest absolute Gasteiger partial charge is 0.373 e. The van der Waals surface area contributed by atoms with E-state index in [9.17, 15) is 4.79 Å². The zero-order valence-electron chi connectivity index (χ0n) is 12.8. The molecule has 114 valence electrons. The number of rotatable bonds is 7. The maximum absolute atomic E-state index is 12.0. The predicted molar refractivity (Wildman–Crippen MR) is 88.2 cm³/mol. The second-order valence-corrected chi connectivity index (χ2v) is 5.99. The summed E-state index contributed by atoms with van der Waals surface area (Å²) in [5.74, 6) is 0. The molecule has 0 aliphatic heterocycles. The maximum Gasteiger partial charge on any atom is 0.268 e. The van der Waals surface area contributed by atoms with Crippen molar-refractivity contribution in [3.63, 3.8) is 0 Å². The van der Waals surface area contributed by atoms with Crippen LogP contribution in [0.5, 0.6) is 0 Å². The molecule has 0 radical (unpaired) electrons. The van der Waals surface area contributed by atoms with E-state index < -0.39 is 0 Å². The van der Waals surface area contributed by atoms with Gasteiger partial charge in [0.25, 0.3) is 5.56 Å². The first-order valence-corrected chi connectivity index (χ1v) is 8.01. The van der Waals surface area contributed by atoms with Crippen molar-refractivity contribution in [3.8, 4) is 0 Å². The van der Waals surface area contributed by atoms with E-state index in [0.717, 1.165) is 25.3 Å². The van der Waals surface area contributed by atoms with E-state index in [1.165, 1.54) is 15.1 Å². The van der Waals surface area contributed by atoms with Crippen LogP contribution in [0.4, 0.5) is 5.69 Å². The van der Waals surface area contributed by atoms with Gasteiger partial charge < -0.3 is 10.2 Å². The number of hydrogen-bond acceptors (Lipinski definition) is 5. The molecule has 0 atom stereocenters. The Morgan fingerprint density at radius 1 is 1.48 bits per heavy atom. The summed E-state index contributed by atoms with van der Waals surface area (Å²) < 4.78 is 1.50. The summed E-state index contributed by atoms with van der Waals surface area (Å²) in [7, 11) is 1.95. The van der Waals surface area contributed by atoms with E-state index in [1.54, 1.807) is 23.6 Å². The van der Waals surface area contributed by atoms with E-state index in [-0.39, 0.29) is 5.56 Å². The molecule has 2 rings (SSSR count). The van der Waals surface area contributed by atoms with Gasteiger partial charge in [-0.1, -0.05) is 0 Å². The monoisotopic (exact) mass is 306 g/mol. The van der Waals surface area contributed by atoms with Crippen LogP contribution in [0.1, 0.15) is 17.4 Å². The molecule has 0 spiro atoms. The van der Waals surface area contributed by atoms with Crippen molar-refractivity contribution < 1.29 is 0 Å². The molecule has 2 heterocycles. The second kappa shape index (κ2) is 7.38. The number of anilines is 1. The van der Waals surface area contributed by atoms with Crippen LogP contribution in [0.25, 0.3) is 0 Å². The highest BCUT2D eigenvalue weighted by molar-refractivity contribution is 7.10. The van der Waals surface area contributed by atoms with Crippen molar-refractivity contribution in [1.29, 1.82) is 0 Å². The molecule has 1 N–H and O–H groups in total. The van der Waals surface area contributed by atoms with Crippen LogP contribution in [0.15, 0.2) is 28.5 Å². The molecule has 0 amide bonds. The molecule has 0 aromatic carbocycles. The van der Waals surface area contributed by atoms with Crippen LogP contribution in [0.2, 0.25) is 0 Å². The summed E-state index contributed by atoms with van der Waals surface area (Å²) in [4.78, 5) is 15.3. The van der Waals surface area contributed by atoms with Crippen molar-refractivity contribution >= 4 is 17.0 Å². The third-order valence-corrected chi connectivity index (χ3v) is 4.55. The Kier molecular flexibility index (Phi) is 5.52. The van der Waals surface area contributed by atoms with Gasteiger partial charge in [-0.3, -0.25) is 4.79 Å². The summed E-state index contributed by atoms with van der Waals surface area (Å²) >= 11 is 1.75. The normalized spacial score (nSPS) is 10.8. The van der Waals surface area contributed by atoms with E-state index in [4.69, 9.17) is 0 Å². The van der Waals surface area contributed by atoms with Crippen molar-refractivity contribution in [2.24, 2.45) is 0 Å². The standard InChI is InChI=1S/C15H22N4OS/c1-4-18(3)13-9-15(20)19(17-10-13)7-6-16-11-14-12(2)5-8-21-14/h5,8-10,16H,4,6-7,11H2,1-3H3. The minimum Gasteiger partial charge on any atom is -0.373 e. The van der Waals surface area contributed by atoms with E-state index in [2.05, 4.69) is 28.8 Å². The van der Waals surface area contributed by atoms with Gasteiger partial charge in [-0.05, 0) is 30.9 Å². The van der Waals surface area contributed by atoms with Crippen molar-refractivity contribution in [2.45, 2.75) is 26.9 Å². The van der Waals surface area contributed by atoms with Gasteiger partial charge >= 0.3 is 0 Å². The molecule has 6 heteroatoms. The highest BCUT2D eigenvalue weighted by Gasteiger charge is 2.03. The number of nitrogens with one attached hydrogen (secondary N) is 1. The molecular formula is C15H22N4OS. The van der Waals surface area contributed by atoms with Gasteiger partial charge in [0.15, 0.2) is 0 Å². The third kappa shape index (κ3) is 4.15. The van der Waals surface area contributed by atoms with E-state index in [1.807, 2.05) is 18.9 Å². The SMILES string of the molecule is CCN(C)c1cnn(CCNCc2sccc2C)c(=O)c1.